The quantitative estimate of drug-likeness (QED) is 0.815. The number of halogens is 1. The molecule has 2 N–H and O–H groups in total. The van der Waals surface area contributed by atoms with E-state index in [9.17, 15) is 8.42 Å². The van der Waals surface area contributed by atoms with Crippen molar-refractivity contribution in [3.8, 4) is 0 Å². The molecule has 0 saturated heterocycles. The summed E-state index contributed by atoms with van der Waals surface area (Å²) in [6.07, 6.45) is 1.61. The number of aryl methyl sites for hydroxylation is 1. The molecule has 0 unspecified atom stereocenters. The molecular weight excluding hydrogens is 324 g/mol. The van der Waals surface area contributed by atoms with Crippen LogP contribution in [-0.2, 0) is 10.0 Å². The summed E-state index contributed by atoms with van der Waals surface area (Å²) in [5.41, 5.74) is 2.01. The maximum absolute atomic E-state index is 11.9. The van der Waals surface area contributed by atoms with Gasteiger partial charge in [-0.2, -0.15) is 0 Å². The number of hydrogen-bond acceptors (Lipinski definition) is 5. The third-order valence-corrected chi connectivity index (χ3v) is 4.89. The maximum atomic E-state index is 11.9. The van der Waals surface area contributed by atoms with E-state index in [1.54, 1.807) is 38.2 Å². The highest BCUT2D eigenvalue weighted by Gasteiger charge is 2.15. The molecule has 6 nitrogen and oxygen atoms in total. The standard InChI is InChI=1S/C14H17ClN4O2S/c1-9(2)22(20,21)19-12-6-4-5-11(7-12)17-13-10(3)8-16-14(15)18-13/h4-9,19H,1-3H3,(H,16,17,18). The normalized spacial score (nSPS) is 11.5. The van der Waals surface area contributed by atoms with Gasteiger partial charge in [0.05, 0.1) is 10.9 Å². The van der Waals surface area contributed by atoms with Crippen molar-refractivity contribution in [1.29, 1.82) is 0 Å². The summed E-state index contributed by atoms with van der Waals surface area (Å²) in [6, 6.07) is 6.93. The van der Waals surface area contributed by atoms with Crippen molar-refractivity contribution in [2.45, 2.75) is 26.0 Å². The number of rotatable bonds is 5. The first-order chi connectivity index (χ1) is 10.3. The molecule has 0 aliphatic carbocycles. The second-order valence-corrected chi connectivity index (χ2v) is 7.65. The zero-order chi connectivity index (χ0) is 16.3. The van der Waals surface area contributed by atoms with Crippen LogP contribution in [0.5, 0.6) is 0 Å². The highest BCUT2D eigenvalue weighted by atomic mass is 35.5. The summed E-state index contributed by atoms with van der Waals surface area (Å²) in [4.78, 5) is 7.99. The lowest BCUT2D eigenvalue weighted by atomic mass is 10.2. The van der Waals surface area contributed by atoms with E-state index in [2.05, 4.69) is 20.0 Å². The van der Waals surface area contributed by atoms with Gasteiger partial charge in [-0.1, -0.05) is 6.07 Å². The number of aromatic nitrogens is 2. The second-order valence-electron chi connectivity index (χ2n) is 5.07. The Hall–Kier alpha value is -1.86. The minimum Gasteiger partial charge on any atom is -0.340 e. The van der Waals surface area contributed by atoms with Gasteiger partial charge in [0.1, 0.15) is 5.82 Å². The monoisotopic (exact) mass is 340 g/mol. The Balaban J connectivity index is 2.24. The van der Waals surface area contributed by atoms with Crippen LogP contribution in [0.1, 0.15) is 19.4 Å². The van der Waals surface area contributed by atoms with E-state index < -0.39 is 15.3 Å². The first-order valence-electron chi connectivity index (χ1n) is 6.66. The van der Waals surface area contributed by atoms with Crippen LogP contribution in [0.2, 0.25) is 5.28 Å². The molecule has 0 fully saturated rings. The fourth-order valence-electron chi connectivity index (χ4n) is 1.63. The molecule has 0 radical (unpaired) electrons. The van der Waals surface area contributed by atoms with E-state index in [0.717, 1.165) is 5.56 Å². The molecule has 0 atom stereocenters. The number of nitrogens with one attached hydrogen (secondary N) is 2. The Kier molecular flexibility index (Phi) is 4.87. The van der Waals surface area contributed by atoms with Gasteiger partial charge in [0.25, 0.3) is 0 Å². The van der Waals surface area contributed by atoms with Gasteiger partial charge in [-0.05, 0) is 50.6 Å². The van der Waals surface area contributed by atoms with E-state index in [0.29, 0.717) is 17.2 Å². The van der Waals surface area contributed by atoms with Crippen LogP contribution in [0, 0.1) is 6.92 Å². The average molecular weight is 341 g/mol. The minimum atomic E-state index is -3.38. The highest BCUT2D eigenvalue weighted by molar-refractivity contribution is 7.93. The topological polar surface area (TPSA) is 84.0 Å². The molecule has 22 heavy (non-hydrogen) atoms. The van der Waals surface area contributed by atoms with E-state index >= 15 is 0 Å². The Morgan fingerprint density at radius 2 is 1.91 bits per heavy atom. The molecule has 1 aromatic carbocycles. The van der Waals surface area contributed by atoms with Crippen molar-refractivity contribution in [3.05, 3.63) is 41.3 Å². The molecule has 2 rings (SSSR count). The average Bonchev–Trinajstić information content (AvgIpc) is 2.42. The lowest BCUT2D eigenvalue weighted by molar-refractivity contribution is 0.593. The zero-order valence-electron chi connectivity index (χ0n) is 12.5. The van der Waals surface area contributed by atoms with Crippen molar-refractivity contribution < 1.29 is 8.42 Å². The summed E-state index contributed by atoms with van der Waals surface area (Å²) in [5.74, 6) is 0.573. The van der Waals surface area contributed by atoms with Crippen molar-refractivity contribution >= 4 is 38.8 Å². The third kappa shape index (κ3) is 4.08. The predicted octanol–water partition coefficient (Wildman–Crippen LogP) is 3.33. The number of nitrogens with zero attached hydrogens (tertiary/aromatic N) is 2. The van der Waals surface area contributed by atoms with Crippen LogP contribution in [-0.4, -0.2) is 23.6 Å². The van der Waals surface area contributed by atoms with Crippen LogP contribution >= 0.6 is 11.6 Å². The number of hydrogen-bond donors (Lipinski definition) is 2. The van der Waals surface area contributed by atoms with Crippen molar-refractivity contribution in [2.24, 2.45) is 0 Å². The van der Waals surface area contributed by atoms with E-state index in [4.69, 9.17) is 11.6 Å². The van der Waals surface area contributed by atoms with Crippen molar-refractivity contribution in [2.75, 3.05) is 10.0 Å². The summed E-state index contributed by atoms with van der Waals surface area (Å²) in [7, 11) is -3.38. The van der Waals surface area contributed by atoms with E-state index in [1.165, 1.54) is 0 Å². The van der Waals surface area contributed by atoms with Gasteiger partial charge >= 0.3 is 0 Å². The van der Waals surface area contributed by atoms with Crippen LogP contribution in [0.15, 0.2) is 30.5 Å². The largest absolute Gasteiger partial charge is 0.340 e. The van der Waals surface area contributed by atoms with E-state index in [-0.39, 0.29) is 5.28 Å². The molecule has 0 spiro atoms. The molecule has 118 valence electrons. The van der Waals surface area contributed by atoms with Crippen molar-refractivity contribution in [3.63, 3.8) is 0 Å². The van der Waals surface area contributed by atoms with Gasteiger partial charge in [0, 0.05) is 17.4 Å². The summed E-state index contributed by atoms with van der Waals surface area (Å²) in [6.45, 7) is 5.09. The molecule has 0 bridgehead atoms. The lowest BCUT2D eigenvalue weighted by Crippen LogP contribution is -2.22. The number of anilines is 3. The predicted molar refractivity (Wildman–Crippen MR) is 89.2 cm³/mol. The summed E-state index contributed by atoms with van der Waals surface area (Å²) in [5, 5.41) is 2.73. The van der Waals surface area contributed by atoms with E-state index in [1.807, 2.05) is 13.0 Å². The Morgan fingerprint density at radius 3 is 2.59 bits per heavy atom. The van der Waals surface area contributed by atoms with Crippen LogP contribution in [0.3, 0.4) is 0 Å². The van der Waals surface area contributed by atoms with Crippen LogP contribution in [0.25, 0.3) is 0 Å². The molecule has 2 aromatic rings. The SMILES string of the molecule is Cc1cnc(Cl)nc1Nc1cccc(NS(=O)(=O)C(C)C)c1. The summed E-state index contributed by atoms with van der Waals surface area (Å²) >= 11 is 5.78. The lowest BCUT2D eigenvalue weighted by Gasteiger charge is -2.13. The second kappa shape index (κ2) is 6.50. The fourth-order valence-corrected chi connectivity index (χ4v) is 2.45. The number of sulfonamides is 1. The fraction of sp³-hybridized carbons (Fsp3) is 0.286. The number of benzene rings is 1. The van der Waals surface area contributed by atoms with Gasteiger partial charge in [0.15, 0.2) is 0 Å². The van der Waals surface area contributed by atoms with Crippen molar-refractivity contribution in [1.82, 2.24) is 9.97 Å². The maximum Gasteiger partial charge on any atom is 0.235 e. The minimum absolute atomic E-state index is 0.143. The van der Waals surface area contributed by atoms with Gasteiger partial charge in [-0.25, -0.2) is 18.4 Å². The van der Waals surface area contributed by atoms with Gasteiger partial charge in [-0.3, -0.25) is 4.72 Å². The molecule has 0 aliphatic rings. The first-order valence-corrected chi connectivity index (χ1v) is 8.58. The van der Waals surface area contributed by atoms with Crippen LogP contribution < -0.4 is 10.0 Å². The van der Waals surface area contributed by atoms with Crippen LogP contribution in [0.4, 0.5) is 17.2 Å². The molecule has 0 saturated carbocycles. The Morgan fingerprint density at radius 1 is 1.23 bits per heavy atom. The smallest absolute Gasteiger partial charge is 0.235 e. The first kappa shape index (κ1) is 16.5. The molecule has 1 heterocycles. The molecular formula is C14H17ClN4O2S. The summed E-state index contributed by atoms with van der Waals surface area (Å²) < 4.78 is 26.3. The van der Waals surface area contributed by atoms with Gasteiger partial charge in [0.2, 0.25) is 15.3 Å². The highest BCUT2D eigenvalue weighted by Crippen LogP contribution is 2.22. The van der Waals surface area contributed by atoms with Gasteiger partial charge in [-0.15, -0.1) is 0 Å². The third-order valence-electron chi connectivity index (χ3n) is 2.95. The Labute approximate surface area is 135 Å². The molecule has 0 amide bonds. The molecule has 0 aliphatic heterocycles. The molecule has 8 heteroatoms. The Bertz CT molecular complexity index is 778. The zero-order valence-corrected chi connectivity index (χ0v) is 14.0. The molecule has 1 aromatic heterocycles. The van der Waals surface area contributed by atoms with Gasteiger partial charge < -0.3 is 5.32 Å².